The molecule has 0 amide bonds. The lowest BCUT2D eigenvalue weighted by molar-refractivity contribution is 0.154. The fourth-order valence-corrected chi connectivity index (χ4v) is 4.23. The van der Waals surface area contributed by atoms with Gasteiger partial charge in [0.2, 0.25) is 0 Å². The Morgan fingerprint density at radius 1 is 1.09 bits per heavy atom. The summed E-state index contributed by atoms with van der Waals surface area (Å²) in [6.45, 7) is 0.969. The minimum atomic E-state index is 0.635. The van der Waals surface area contributed by atoms with Crippen molar-refractivity contribution in [2.45, 2.75) is 32.1 Å². The number of nitrogens with two attached hydrogens (primary N) is 1. The van der Waals surface area contributed by atoms with Crippen LogP contribution in [-0.2, 0) is 0 Å². The molecular formula is C10H17N. The van der Waals surface area contributed by atoms with Gasteiger partial charge in [-0.2, -0.15) is 0 Å². The lowest BCUT2D eigenvalue weighted by atomic mass is 9.70. The van der Waals surface area contributed by atoms with E-state index in [0.29, 0.717) is 5.41 Å². The van der Waals surface area contributed by atoms with Gasteiger partial charge >= 0.3 is 0 Å². The summed E-state index contributed by atoms with van der Waals surface area (Å²) >= 11 is 0. The highest BCUT2D eigenvalue weighted by Gasteiger charge is 2.54. The highest BCUT2D eigenvalue weighted by molar-refractivity contribution is 5.06. The average Bonchev–Trinajstić information content (AvgIpc) is 2.40. The Labute approximate surface area is 68.3 Å². The molecule has 1 heteroatoms. The highest BCUT2D eigenvalue weighted by Crippen LogP contribution is 2.63. The van der Waals surface area contributed by atoms with Gasteiger partial charge in [0.15, 0.2) is 0 Å². The van der Waals surface area contributed by atoms with Crippen LogP contribution in [0.3, 0.4) is 0 Å². The van der Waals surface area contributed by atoms with Gasteiger partial charge in [-0.3, -0.25) is 0 Å². The van der Waals surface area contributed by atoms with Crippen molar-refractivity contribution in [2.24, 2.45) is 28.9 Å². The van der Waals surface area contributed by atoms with Crippen molar-refractivity contribution in [1.29, 1.82) is 0 Å². The minimum Gasteiger partial charge on any atom is -0.330 e. The van der Waals surface area contributed by atoms with Crippen LogP contribution in [0.2, 0.25) is 0 Å². The summed E-state index contributed by atoms with van der Waals surface area (Å²) in [7, 11) is 0. The standard InChI is InChI=1S/C10H17N/c11-6-10-3-7-1-8(4-10)9(2-7)5-10/h7-9H,1-6,11H2. The normalized spacial score (nSPS) is 59.2. The predicted molar refractivity (Wildman–Crippen MR) is 45.0 cm³/mol. The Morgan fingerprint density at radius 3 is 2.18 bits per heavy atom. The third-order valence-electron chi connectivity index (χ3n) is 4.48. The fraction of sp³-hybridized carbons (Fsp3) is 1.00. The highest BCUT2D eigenvalue weighted by atomic mass is 14.7. The van der Waals surface area contributed by atoms with Crippen LogP contribution in [0.1, 0.15) is 32.1 Å². The largest absolute Gasteiger partial charge is 0.330 e. The molecule has 0 spiro atoms. The van der Waals surface area contributed by atoms with Crippen molar-refractivity contribution in [3.63, 3.8) is 0 Å². The average molecular weight is 151 g/mol. The molecule has 0 heterocycles. The van der Waals surface area contributed by atoms with E-state index in [1.54, 1.807) is 12.8 Å². The summed E-state index contributed by atoms with van der Waals surface area (Å²) < 4.78 is 0. The monoisotopic (exact) mass is 151 g/mol. The first-order chi connectivity index (χ1) is 5.31. The van der Waals surface area contributed by atoms with Crippen LogP contribution in [0, 0.1) is 23.2 Å². The van der Waals surface area contributed by atoms with E-state index in [2.05, 4.69) is 0 Å². The predicted octanol–water partition coefficient (Wildman–Crippen LogP) is 1.77. The molecule has 62 valence electrons. The van der Waals surface area contributed by atoms with Crippen LogP contribution in [0.15, 0.2) is 0 Å². The van der Waals surface area contributed by atoms with E-state index in [9.17, 15) is 0 Å². The van der Waals surface area contributed by atoms with Gasteiger partial charge in [-0.15, -0.1) is 0 Å². The van der Waals surface area contributed by atoms with Crippen molar-refractivity contribution in [1.82, 2.24) is 0 Å². The number of hydrogen-bond donors (Lipinski definition) is 1. The van der Waals surface area contributed by atoms with Gasteiger partial charge in [-0.25, -0.2) is 0 Å². The lowest BCUT2D eigenvalue weighted by Crippen LogP contribution is -2.34. The van der Waals surface area contributed by atoms with Crippen molar-refractivity contribution in [2.75, 3.05) is 6.54 Å². The first kappa shape index (κ1) is 6.47. The van der Waals surface area contributed by atoms with E-state index in [1.165, 1.54) is 19.3 Å². The van der Waals surface area contributed by atoms with Crippen LogP contribution in [-0.4, -0.2) is 6.54 Å². The van der Waals surface area contributed by atoms with Crippen molar-refractivity contribution in [3.8, 4) is 0 Å². The van der Waals surface area contributed by atoms with E-state index in [1.807, 2.05) is 0 Å². The Hall–Kier alpha value is -0.0400. The van der Waals surface area contributed by atoms with Crippen molar-refractivity contribution in [3.05, 3.63) is 0 Å². The zero-order chi connectivity index (χ0) is 7.47. The zero-order valence-electron chi connectivity index (χ0n) is 7.05. The van der Waals surface area contributed by atoms with E-state index >= 15 is 0 Å². The van der Waals surface area contributed by atoms with Gasteiger partial charge in [0.25, 0.3) is 0 Å². The van der Waals surface area contributed by atoms with Crippen LogP contribution < -0.4 is 5.73 Å². The molecule has 0 saturated heterocycles. The second kappa shape index (κ2) is 1.82. The molecule has 1 nitrogen and oxygen atoms in total. The Bertz CT molecular complexity index is 168. The summed E-state index contributed by atoms with van der Waals surface area (Å²) in [4.78, 5) is 0. The summed E-state index contributed by atoms with van der Waals surface area (Å²) in [6.07, 6.45) is 7.52. The lowest BCUT2D eigenvalue weighted by Gasteiger charge is -2.37. The molecule has 2 unspecified atom stereocenters. The summed E-state index contributed by atoms with van der Waals surface area (Å²) in [6, 6.07) is 0. The topological polar surface area (TPSA) is 26.0 Å². The molecule has 0 aliphatic heterocycles. The van der Waals surface area contributed by atoms with Crippen LogP contribution in [0.25, 0.3) is 0 Å². The summed E-state index contributed by atoms with van der Waals surface area (Å²) in [5.41, 5.74) is 6.49. The molecule has 4 saturated carbocycles. The molecule has 0 aromatic heterocycles. The van der Waals surface area contributed by atoms with Crippen molar-refractivity contribution >= 4 is 0 Å². The SMILES string of the molecule is NCC12CC3CC(C1)C(C3)C2. The second-order valence-electron chi connectivity index (χ2n) is 5.17. The van der Waals surface area contributed by atoms with Gasteiger partial charge in [-0.1, -0.05) is 0 Å². The molecule has 2 N–H and O–H groups in total. The number of hydrogen-bond acceptors (Lipinski definition) is 1. The second-order valence-corrected chi connectivity index (χ2v) is 5.17. The third-order valence-corrected chi connectivity index (χ3v) is 4.48. The molecule has 4 bridgehead atoms. The number of rotatable bonds is 1. The molecule has 4 aliphatic carbocycles. The third kappa shape index (κ3) is 0.703. The summed E-state index contributed by atoms with van der Waals surface area (Å²) in [5, 5.41) is 0. The maximum atomic E-state index is 5.86. The molecule has 4 rings (SSSR count). The maximum absolute atomic E-state index is 5.86. The summed E-state index contributed by atoms with van der Waals surface area (Å²) in [5.74, 6) is 3.27. The van der Waals surface area contributed by atoms with E-state index in [0.717, 1.165) is 24.3 Å². The molecular weight excluding hydrogens is 134 g/mol. The van der Waals surface area contributed by atoms with Crippen LogP contribution >= 0.6 is 0 Å². The smallest absolute Gasteiger partial charge is 0.00202 e. The van der Waals surface area contributed by atoms with Crippen molar-refractivity contribution < 1.29 is 0 Å². The molecule has 4 aliphatic rings. The molecule has 11 heavy (non-hydrogen) atoms. The molecule has 2 atom stereocenters. The molecule has 4 fully saturated rings. The van der Waals surface area contributed by atoms with Gasteiger partial charge in [0, 0.05) is 0 Å². The van der Waals surface area contributed by atoms with Gasteiger partial charge < -0.3 is 5.73 Å². The zero-order valence-corrected chi connectivity index (χ0v) is 7.05. The van der Waals surface area contributed by atoms with E-state index in [-0.39, 0.29) is 0 Å². The fourth-order valence-electron chi connectivity index (χ4n) is 4.23. The Balaban J connectivity index is 1.94. The minimum absolute atomic E-state index is 0.635. The first-order valence-electron chi connectivity index (χ1n) is 5.01. The van der Waals surface area contributed by atoms with Gasteiger partial charge in [0.1, 0.15) is 0 Å². The quantitative estimate of drug-likeness (QED) is 0.607. The molecule has 0 radical (unpaired) electrons. The van der Waals surface area contributed by atoms with E-state index < -0.39 is 0 Å². The van der Waals surface area contributed by atoms with Crippen LogP contribution in [0.4, 0.5) is 0 Å². The first-order valence-corrected chi connectivity index (χ1v) is 5.01. The van der Waals surface area contributed by atoms with E-state index in [4.69, 9.17) is 5.73 Å². The molecule has 0 aromatic carbocycles. The molecule has 0 aromatic rings. The Morgan fingerprint density at radius 2 is 1.73 bits per heavy atom. The van der Waals surface area contributed by atoms with Gasteiger partial charge in [0.05, 0.1) is 0 Å². The Kier molecular flexibility index (Phi) is 1.07. The van der Waals surface area contributed by atoms with Crippen LogP contribution in [0.5, 0.6) is 0 Å². The van der Waals surface area contributed by atoms with Gasteiger partial charge in [-0.05, 0) is 61.8 Å². The maximum Gasteiger partial charge on any atom is -0.00202 e.